The third kappa shape index (κ3) is 13.2. The summed E-state index contributed by atoms with van der Waals surface area (Å²) in [5.74, 6) is 2.66. The Morgan fingerprint density at radius 2 is 1.14 bits per heavy atom. The van der Waals surface area contributed by atoms with E-state index in [9.17, 15) is 9.59 Å². The second-order valence-corrected chi connectivity index (χ2v) is 10.00. The van der Waals surface area contributed by atoms with Gasteiger partial charge in [-0.1, -0.05) is 61.4 Å². The molecule has 0 unspecified atom stereocenters. The highest BCUT2D eigenvalue weighted by Gasteiger charge is 2.08. The molecule has 0 saturated carbocycles. The van der Waals surface area contributed by atoms with Gasteiger partial charge in [-0.25, -0.2) is 4.79 Å². The fourth-order valence-corrected chi connectivity index (χ4v) is 3.98. The number of esters is 1. The van der Waals surface area contributed by atoms with Gasteiger partial charge in [0.2, 0.25) is 0 Å². The molecule has 0 saturated heterocycles. The van der Waals surface area contributed by atoms with E-state index < -0.39 is 0 Å². The van der Waals surface area contributed by atoms with Gasteiger partial charge in [-0.05, 0) is 107 Å². The molecule has 0 N–H and O–H groups in total. The third-order valence-electron chi connectivity index (χ3n) is 6.48. The van der Waals surface area contributed by atoms with Crippen LogP contribution >= 0.6 is 0 Å². The maximum absolute atomic E-state index is 12.2. The highest BCUT2D eigenvalue weighted by molar-refractivity contribution is 5.91. The van der Waals surface area contributed by atoms with Crippen LogP contribution in [0.3, 0.4) is 0 Å². The van der Waals surface area contributed by atoms with Gasteiger partial charge >= 0.3 is 5.97 Å². The van der Waals surface area contributed by atoms with Crippen molar-refractivity contribution in [1.29, 1.82) is 0 Å². The fourth-order valence-electron chi connectivity index (χ4n) is 3.98. The molecule has 0 atom stereocenters. The van der Waals surface area contributed by atoms with Crippen LogP contribution in [0.25, 0.3) is 0 Å². The lowest BCUT2D eigenvalue weighted by molar-refractivity contribution is 0.0734. The van der Waals surface area contributed by atoms with E-state index in [0.29, 0.717) is 24.5 Å². The predicted octanol–water partition coefficient (Wildman–Crippen LogP) is 9.38. The number of carbonyl (C=O) groups is 2. The van der Waals surface area contributed by atoms with Crippen molar-refractivity contribution in [3.05, 3.63) is 119 Å². The van der Waals surface area contributed by atoms with Gasteiger partial charge < -0.3 is 18.9 Å². The molecule has 0 fully saturated rings. The normalized spacial score (nSPS) is 9.86. The van der Waals surface area contributed by atoms with Crippen LogP contribution in [0.15, 0.2) is 91.0 Å². The molecule has 4 aromatic carbocycles. The molecule has 0 heterocycles. The Morgan fingerprint density at radius 3 is 1.66 bits per heavy atom. The number of hydrogen-bond donors (Lipinski definition) is 0. The maximum Gasteiger partial charge on any atom is 0.343 e. The van der Waals surface area contributed by atoms with E-state index in [0.717, 1.165) is 65.9 Å². The first-order chi connectivity index (χ1) is 21.4. The van der Waals surface area contributed by atoms with Crippen LogP contribution in [0.1, 0.15) is 76.9 Å². The molecule has 0 aliphatic carbocycles. The van der Waals surface area contributed by atoms with E-state index in [4.69, 9.17) is 18.9 Å². The second-order valence-electron chi connectivity index (χ2n) is 10.00. The van der Waals surface area contributed by atoms with Gasteiger partial charge in [0, 0.05) is 5.56 Å². The van der Waals surface area contributed by atoms with Crippen LogP contribution in [0.5, 0.6) is 23.0 Å². The number of methoxy groups -OCH3 is 1. The Bertz CT molecular complexity index is 1380. The summed E-state index contributed by atoms with van der Waals surface area (Å²) in [4.78, 5) is 22.3. The first-order valence-corrected chi connectivity index (χ1v) is 15.2. The molecule has 0 amide bonds. The molecule has 44 heavy (non-hydrogen) atoms. The smallest absolute Gasteiger partial charge is 0.343 e. The van der Waals surface area contributed by atoms with Crippen LogP contribution in [-0.4, -0.2) is 32.6 Å². The van der Waals surface area contributed by atoms with E-state index in [2.05, 4.69) is 0 Å². The van der Waals surface area contributed by atoms with Crippen LogP contribution in [0.4, 0.5) is 0 Å². The molecule has 0 bridgehead atoms. The second kappa shape index (κ2) is 20.3. The Morgan fingerprint density at radius 1 is 0.636 bits per heavy atom. The molecule has 0 aromatic heterocycles. The average molecular weight is 599 g/mol. The summed E-state index contributed by atoms with van der Waals surface area (Å²) in [5.41, 5.74) is 4.63. The summed E-state index contributed by atoms with van der Waals surface area (Å²) in [6, 6.07) is 27.8. The summed E-state index contributed by atoms with van der Waals surface area (Å²) < 4.78 is 22.3. The topological polar surface area (TPSA) is 71.1 Å². The number of aryl methyl sites for hydroxylation is 3. The Labute approximate surface area is 263 Å². The lowest BCUT2D eigenvalue weighted by Crippen LogP contribution is -2.08. The molecule has 0 aliphatic rings. The maximum atomic E-state index is 12.2. The van der Waals surface area contributed by atoms with Crippen LogP contribution < -0.4 is 18.9 Å². The van der Waals surface area contributed by atoms with Gasteiger partial charge in [-0.2, -0.15) is 0 Å². The van der Waals surface area contributed by atoms with Gasteiger partial charge in [-0.15, -0.1) is 0 Å². The minimum absolute atomic E-state index is 0.366. The minimum Gasteiger partial charge on any atom is -0.496 e. The Hall–Kier alpha value is -4.58. The molecular weight excluding hydrogens is 552 g/mol. The molecule has 0 radical (unpaired) electrons. The summed E-state index contributed by atoms with van der Waals surface area (Å²) in [5, 5.41) is 0. The number of aldehydes is 1. The van der Waals surface area contributed by atoms with Crippen molar-refractivity contribution >= 4 is 12.3 Å². The molecule has 4 aromatic rings. The standard InChI is InChI=1S/C28H32O5.C8H8O.C2H6/c1-21-8-10-23(11-9-21)28(29)33-25-14-12-24(13-15-25)31-18-6-4-5-7-19-32-26-16-17-27(30-3)22(2)20-26;1-7-2-4-8(6-9)5-3-7;1-2/h8-17,20H,4-7,18-19H2,1-3H3;2-6H,1H3;1-2H3. The summed E-state index contributed by atoms with van der Waals surface area (Å²) in [7, 11) is 1.67. The number of benzene rings is 4. The van der Waals surface area contributed by atoms with Crippen molar-refractivity contribution in [1.82, 2.24) is 0 Å². The molecule has 6 heteroatoms. The lowest BCUT2D eigenvalue weighted by atomic mass is 10.1. The van der Waals surface area contributed by atoms with Crippen molar-refractivity contribution in [3.8, 4) is 23.0 Å². The van der Waals surface area contributed by atoms with Crippen molar-refractivity contribution in [2.45, 2.75) is 60.3 Å². The molecule has 4 rings (SSSR count). The van der Waals surface area contributed by atoms with Crippen LogP contribution in [0.2, 0.25) is 0 Å². The zero-order valence-electron chi connectivity index (χ0n) is 26.9. The molecule has 0 spiro atoms. The van der Waals surface area contributed by atoms with E-state index in [-0.39, 0.29) is 5.97 Å². The zero-order chi connectivity index (χ0) is 32.2. The van der Waals surface area contributed by atoms with Gasteiger partial charge in [0.15, 0.2) is 0 Å². The Balaban J connectivity index is 0.000000519. The van der Waals surface area contributed by atoms with Crippen molar-refractivity contribution in [2.24, 2.45) is 0 Å². The lowest BCUT2D eigenvalue weighted by Gasteiger charge is -2.10. The van der Waals surface area contributed by atoms with Gasteiger partial charge in [0.1, 0.15) is 29.3 Å². The van der Waals surface area contributed by atoms with Gasteiger partial charge in [0.05, 0.1) is 25.9 Å². The SMILES string of the molecule is CC.COc1ccc(OCCCCCCOc2ccc(OC(=O)c3ccc(C)cc3)cc2)cc1C.Cc1ccc(C=O)cc1. The summed E-state index contributed by atoms with van der Waals surface area (Å²) in [6.45, 7) is 11.3. The molecule has 6 nitrogen and oxygen atoms in total. The highest BCUT2D eigenvalue weighted by Crippen LogP contribution is 2.23. The van der Waals surface area contributed by atoms with Crippen molar-refractivity contribution < 1.29 is 28.5 Å². The number of rotatable bonds is 13. The molecule has 234 valence electrons. The van der Waals surface area contributed by atoms with Crippen LogP contribution in [-0.2, 0) is 0 Å². The first-order valence-electron chi connectivity index (χ1n) is 15.2. The number of ether oxygens (including phenoxy) is 4. The van der Waals surface area contributed by atoms with Crippen molar-refractivity contribution in [3.63, 3.8) is 0 Å². The Kier molecular flexibility index (Phi) is 16.5. The number of hydrogen-bond acceptors (Lipinski definition) is 6. The minimum atomic E-state index is -0.366. The monoisotopic (exact) mass is 598 g/mol. The number of carbonyl (C=O) groups excluding carboxylic acids is 2. The highest BCUT2D eigenvalue weighted by atomic mass is 16.5. The molecule has 0 aliphatic heterocycles. The number of unbranched alkanes of at least 4 members (excludes halogenated alkanes) is 3. The average Bonchev–Trinajstić information content (AvgIpc) is 3.05. The van der Waals surface area contributed by atoms with Gasteiger partial charge in [-0.3, -0.25) is 4.79 Å². The molecular formula is C38H46O6. The predicted molar refractivity (Wildman–Crippen MR) is 178 cm³/mol. The first kappa shape index (κ1) is 35.6. The summed E-state index contributed by atoms with van der Waals surface area (Å²) >= 11 is 0. The zero-order valence-corrected chi connectivity index (χ0v) is 26.9. The van der Waals surface area contributed by atoms with Crippen molar-refractivity contribution in [2.75, 3.05) is 20.3 Å². The third-order valence-corrected chi connectivity index (χ3v) is 6.48. The summed E-state index contributed by atoms with van der Waals surface area (Å²) in [6.07, 6.45) is 5.00. The largest absolute Gasteiger partial charge is 0.496 e. The van der Waals surface area contributed by atoms with E-state index in [1.807, 2.05) is 101 Å². The van der Waals surface area contributed by atoms with Gasteiger partial charge in [0.25, 0.3) is 0 Å². The van der Waals surface area contributed by atoms with E-state index in [1.165, 1.54) is 5.56 Å². The van der Waals surface area contributed by atoms with E-state index >= 15 is 0 Å². The quantitative estimate of drug-likeness (QED) is 0.0661. The fraction of sp³-hybridized carbons (Fsp3) is 0.316. The van der Waals surface area contributed by atoms with Crippen LogP contribution in [0, 0.1) is 20.8 Å². The van der Waals surface area contributed by atoms with E-state index in [1.54, 1.807) is 31.4 Å².